The van der Waals surface area contributed by atoms with E-state index in [1.54, 1.807) is 11.3 Å². The topological polar surface area (TPSA) is 72.6 Å². The van der Waals surface area contributed by atoms with Crippen molar-refractivity contribution in [1.29, 1.82) is 0 Å². The van der Waals surface area contributed by atoms with Gasteiger partial charge in [-0.05, 0) is 36.6 Å². The molecule has 0 aliphatic heterocycles. The number of hydrogen-bond acceptors (Lipinski definition) is 5. The van der Waals surface area contributed by atoms with E-state index in [2.05, 4.69) is 61.2 Å². The highest BCUT2D eigenvalue weighted by Crippen LogP contribution is 2.37. The summed E-state index contributed by atoms with van der Waals surface area (Å²) >= 11 is 1.70. The lowest BCUT2D eigenvalue weighted by molar-refractivity contribution is 0.876. The molecule has 4 aromatic rings. The molecule has 26 heavy (non-hydrogen) atoms. The van der Waals surface area contributed by atoms with Crippen LogP contribution in [0.25, 0.3) is 20.9 Å². The molecule has 7 heteroatoms. The van der Waals surface area contributed by atoms with Crippen molar-refractivity contribution in [2.75, 3.05) is 11.1 Å². The molecule has 0 saturated heterocycles. The fourth-order valence-corrected chi connectivity index (χ4v) is 3.83. The van der Waals surface area contributed by atoms with E-state index in [9.17, 15) is 0 Å². The predicted octanol–water partition coefficient (Wildman–Crippen LogP) is 4.76. The van der Waals surface area contributed by atoms with Crippen molar-refractivity contribution in [3.8, 4) is 10.6 Å². The second kappa shape index (κ2) is 6.50. The predicted molar refractivity (Wildman–Crippen MR) is 105 cm³/mol. The van der Waals surface area contributed by atoms with Crippen molar-refractivity contribution < 1.29 is 0 Å². The minimum Gasteiger partial charge on any atom is -0.392 e. The molecule has 0 aliphatic carbocycles. The molecular formula is C19H16N6S. The number of anilines is 2. The van der Waals surface area contributed by atoms with Gasteiger partial charge in [-0.3, -0.25) is 0 Å². The first-order valence-electron chi connectivity index (χ1n) is 8.07. The molecule has 0 bridgehead atoms. The highest BCUT2D eigenvalue weighted by Gasteiger charge is 2.20. The normalized spacial score (nSPS) is 12.0. The molecular weight excluding hydrogens is 344 g/mol. The zero-order valence-corrected chi connectivity index (χ0v) is 14.9. The molecule has 0 spiro atoms. The van der Waals surface area contributed by atoms with Crippen LogP contribution in [-0.2, 0) is 0 Å². The molecule has 0 saturated carbocycles. The highest BCUT2D eigenvalue weighted by atomic mass is 32.1. The van der Waals surface area contributed by atoms with Gasteiger partial charge in [-0.15, -0.1) is 11.3 Å². The van der Waals surface area contributed by atoms with Gasteiger partial charge in [-0.25, -0.2) is 14.8 Å². The zero-order chi connectivity index (χ0) is 18.1. The lowest BCUT2D eigenvalue weighted by Gasteiger charge is -2.17. The number of nitrogens with one attached hydrogen (secondary N) is 1. The van der Waals surface area contributed by atoms with Crippen LogP contribution in [-0.4, -0.2) is 14.4 Å². The molecule has 0 amide bonds. The summed E-state index contributed by atoms with van der Waals surface area (Å²) in [6.45, 7) is 9.39. The summed E-state index contributed by atoms with van der Waals surface area (Å²) < 4.78 is 2.18. The van der Waals surface area contributed by atoms with E-state index in [0.717, 1.165) is 16.8 Å². The van der Waals surface area contributed by atoms with Gasteiger partial charge >= 0.3 is 0 Å². The largest absolute Gasteiger partial charge is 0.392 e. The Morgan fingerprint density at radius 1 is 1.27 bits per heavy atom. The van der Waals surface area contributed by atoms with Crippen LogP contribution in [0.1, 0.15) is 18.5 Å². The third kappa shape index (κ3) is 2.66. The number of nitrogens with two attached hydrogens (primary N) is 1. The van der Waals surface area contributed by atoms with E-state index in [0.29, 0.717) is 5.82 Å². The van der Waals surface area contributed by atoms with E-state index in [4.69, 9.17) is 12.3 Å². The summed E-state index contributed by atoms with van der Waals surface area (Å²) in [5.74, 6) is 0.637. The van der Waals surface area contributed by atoms with Crippen LogP contribution >= 0.6 is 11.3 Å². The van der Waals surface area contributed by atoms with Gasteiger partial charge in [0.2, 0.25) is 0 Å². The van der Waals surface area contributed by atoms with Crippen LogP contribution in [0.4, 0.5) is 17.3 Å². The summed E-state index contributed by atoms with van der Waals surface area (Å²) in [4.78, 5) is 12.7. The standard InChI is InChI=1S/C19H16N6S/c1-12(24-19-16(21-2)18(20)22-11-23-19)14-10-13-6-3-4-8-25(13)17(14)15-7-5-9-26-15/h3-12H,1H3,(H3,20,22,23,24). The second-order valence-corrected chi connectivity index (χ2v) is 6.80. The number of nitrogen functional groups attached to an aromatic ring is 1. The molecule has 4 aromatic heterocycles. The first kappa shape index (κ1) is 16.1. The fraction of sp³-hybridized carbons (Fsp3) is 0.105. The van der Waals surface area contributed by atoms with Crippen molar-refractivity contribution in [1.82, 2.24) is 14.4 Å². The van der Waals surface area contributed by atoms with Gasteiger partial charge in [0.1, 0.15) is 18.0 Å². The van der Waals surface area contributed by atoms with Crippen molar-refractivity contribution in [3.05, 3.63) is 71.3 Å². The number of nitrogens with zero attached hydrogens (tertiary/aromatic N) is 4. The average molecular weight is 360 g/mol. The first-order valence-corrected chi connectivity index (χ1v) is 8.95. The van der Waals surface area contributed by atoms with Crippen molar-refractivity contribution >= 4 is 34.2 Å². The average Bonchev–Trinajstić information content (AvgIpc) is 3.29. The van der Waals surface area contributed by atoms with Crippen LogP contribution in [0.3, 0.4) is 0 Å². The van der Waals surface area contributed by atoms with E-state index in [1.165, 1.54) is 11.2 Å². The maximum atomic E-state index is 7.34. The van der Waals surface area contributed by atoms with Gasteiger partial charge in [0.05, 0.1) is 23.2 Å². The molecule has 0 aliphatic rings. The number of rotatable bonds is 4. The Hall–Kier alpha value is -3.37. The monoisotopic (exact) mass is 360 g/mol. The smallest absolute Gasteiger partial charge is 0.268 e. The number of thiophene rings is 1. The Labute approximate surface area is 154 Å². The lowest BCUT2D eigenvalue weighted by Crippen LogP contribution is -2.09. The van der Waals surface area contributed by atoms with Crippen LogP contribution in [0.2, 0.25) is 0 Å². The van der Waals surface area contributed by atoms with Gasteiger partial charge < -0.3 is 15.5 Å². The van der Waals surface area contributed by atoms with Gasteiger partial charge in [0.15, 0.2) is 0 Å². The molecule has 1 unspecified atom stereocenters. The van der Waals surface area contributed by atoms with Crippen LogP contribution < -0.4 is 11.1 Å². The number of hydrogen-bond donors (Lipinski definition) is 2. The van der Waals surface area contributed by atoms with E-state index in [1.807, 2.05) is 18.2 Å². The molecule has 4 rings (SSSR count). The second-order valence-electron chi connectivity index (χ2n) is 5.86. The Morgan fingerprint density at radius 3 is 2.92 bits per heavy atom. The van der Waals surface area contributed by atoms with Gasteiger partial charge in [-0.1, -0.05) is 12.1 Å². The Morgan fingerprint density at radius 2 is 2.15 bits per heavy atom. The molecule has 6 nitrogen and oxygen atoms in total. The summed E-state index contributed by atoms with van der Waals surface area (Å²) in [5, 5.41) is 5.40. The summed E-state index contributed by atoms with van der Waals surface area (Å²) in [6.07, 6.45) is 3.43. The van der Waals surface area contributed by atoms with Crippen molar-refractivity contribution in [2.24, 2.45) is 0 Å². The van der Waals surface area contributed by atoms with Crippen molar-refractivity contribution in [3.63, 3.8) is 0 Å². The highest BCUT2D eigenvalue weighted by molar-refractivity contribution is 7.13. The lowest BCUT2D eigenvalue weighted by atomic mass is 10.1. The number of fused-ring (bicyclic) bond motifs is 1. The molecule has 0 radical (unpaired) electrons. The summed E-state index contributed by atoms with van der Waals surface area (Å²) in [5.41, 5.74) is 9.45. The minimum absolute atomic E-state index is 0.0678. The third-order valence-electron chi connectivity index (χ3n) is 4.25. The summed E-state index contributed by atoms with van der Waals surface area (Å²) in [7, 11) is 0. The van der Waals surface area contributed by atoms with Gasteiger partial charge in [0, 0.05) is 17.3 Å². The molecule has 128 valence electrons. The maximum Gasteiger partial charge on any atom is 0.268 e. The molecule has 1 atom stereocenters. The Bertz CT molecular complexity index is 1110. The third-order valence-corrected chi connectivity index (χ3v) is 5.12. The first-order chi connectivity index (χ1) is 12.7. The Kier molecular flexibility index (Phi) is 4.03. The van der Waals surface area contributed by atoms with E-state index in [-0.39, 0.29) is 17.5 Å². The fourth-order valence-electron chi connectivity index (χ4n) is 3.04. The van der Waals surface area contributed by atoms with E-state index >= 15 is 0 Å². The maximum absolute atomic E-state index is 7.34. The van der Waals surface area contributed by atoms with Gasteiger partial charge in [-0.2, -0.15) is 0 Å². The van der Waals surface area contributed by atoms with Crippen molar-refractivity contribution in [2.45, 2.75) is 13.0 Å². The number of pyridine rings is 1. The summed E-state index contributed by atoms with van der Waals surface area (Å²) in [6, 6.07) is 12.4. The molecule has 4 heterocycles. The van der Waals surface area contributed by atoms with Crippen LogP contribution in [0.5, 0.6) is 0 Å². The molecule has 0 aromatic carbocycles. The number of aromatic nitrogens is 3. The Balaban J connectivity index is 1.81. The van der Waals surface area contributed by atoms with Crippen LogP contribution in [0.15, 0.2) is 54.3 Å². The minimum atomic E-state index is -0.0678. The molecule has 3 N–H and O–H groups in total. The van der Waals surface area contributed by atoms with E-state index < -0.39 is 0 Å². The SMILES string of the molecule is [C-]#[N+]c1c(N)ncnc1NC(C)c1cc2ccccn2c1-c1cccs1. The zero-order valence-electron chi connectivity index (χ0n) is 14.0. The quantitative estimate of drug-likeness (QED) is 0.515. The van der Waals surface area contributed by atoms with Crippen LogP contribution in [0, 0.1) is 6.57 Å². The van der Waals surface area contributed by atoms with Gasteiger partial charge in [0.25, 0.3) is 5.69 Å². The molecule has 0 fully saturated rings.